The summed E-state index contributed by atoms with van der Waals surface area (Å²) in [5.41, 5.74) is 2.28. The molecule has 0 bridgehead atoms. The maximum Gasteiger partial charge on any atom is 0.222 e. The lowest BCUT2D eigenvalue weighted by molar-refractivity contribution is -0.119. The van der Waals surface area contributed by atoms with Crippen LogP contribution in [0.2, 0.25) is 0 Å². The molecule has 0 aliphatic carbocycles. The Kier molecular flexibility index (Phi) is 3.66. The van der Waals surface area contributed by atoms with Crippen molar-refractivity contribution in [3.05, 3.63) is 47.0 Å². The van der Waals surface area contributed by atoms with Gasteiger partial charge in [0.25, 0.3) is 0 Å². The van der Waals surface area contributed by atoms with Gasteiger partial charge in [-0.05, 0) is 12.0 Å². The average Bonchev–Trinajstić information content (AvgIpc) is 2.51. The zero-order valence-electron chi connectivity index (χ0n) is 11.8. The highest BCUT2D eigenvalue weighted by molar-refractivity contribution is 6.17. The summed E-state index contributed by atoms with van der Waals surface area (Å²) in [6.45, 7) is 2.28. The van der Waals surface area contributed by atoms with Crippen LogP contribution in [0.5, 0.6) is 0 Å². The number of benzene rings is 1. The summed E-state index contributed by atoms with van der Waals surface area (Å²) in [6.07, 6.45) is 0.566. The van der Waals surface area contributed by atoms with Gasteiger partial charge in [-0.15, -0.1) is 0 Å². The molecule has 1 amide bonds. The molecule has 21 heavy (non-hydrogen) atoms. The van der Waals surface area contributed by atoms with E-state index in [0.717, 1.165) is 11.1 Å². The topological polar surface area (TPSA) is 67.8 Å². The van der Waals surface area contributed by atoms with E-state index in [-0.39, 0.29) is 11.7 Å². The van der Waals surface area contributed by atoms with Crippen molar-refractivity contribution < 1.29 is 14.3 Å². The number of dihydropyridines is 1. The van der Waals surface area contributed by atoms with Crippen molar-refractivity contribution in [2.45, 2.75) is 19.4 Å². The third-order valence-electron chi connectivity index (χ3n) is 3.61. The van der Waals surface area contributed by atoms with Gasteiger partial charge in [-0.25, -0.2) is 0 Å². The van der Waals surface area contributed by atoms with Gasteiger partial charge in [0, 0.05) is 18.1 Å². The molecular weight excluding hydrogens is 268 g/mol. The number of nitrogens with one attached hydrogen (secondary N) is 1. The standard InChI is InChI=1S/C16H16N2O3/c1-10(19)17-16-13-9-21-8-7-12(13)15(20)14(18-16)11-5-3-2-4-6-11/h2-6,14H,7-9H2,1H3,(H,17,18,19). The fourth-order valence-corrected chi connectivity index (χ4v) is 2.64. The van der Waals surface area contributed by atoms with E-state index >= 15 is 0 Å². The lowest BCUT2D eigenvalue weighted by atomic mass is 9.88. The van der Waals surface area contributed by atoms with Crippen LogP contribution >= 0.6 is 0 Å². The first-order valence-electron chi connectivity index (χ1n) is 6.91. The molecule has 108 valence electrons. The molecule has 1 N–H and O–H groups in total. The number of carbonyl (C=O) groups is 2. The second-order valence-electron chi connectivity index (χ2n) is 5.10. The molecule has 0 fully saturated rings. The van der Waals surface area contributed by atoms with E-state index in [1.165, 1.54) is 6.92 Å². The van der Waals surface area contributed by atoms with Crippen LogP contribution in [-0.2, 0) is 14.3 Å². The number of amidine groups is 1. The second-order valence-corrected chi connectivity index (χ2v) is 5.10. The van der Waals surface area contributed by atoms with Gasteiger partial charge in [-0.1, -0.05) is 30.3 Å². The SMILES string of the molecule is CC(=O)NC1=NC(c2ccccc2)C(=O)C2=C1COCC2. The smallest absolute Gasteiger partial charge is 0.222 e. The van der Waals surface area contributed by atoms with Crippen LogP contribution in [0.3, 0.4) is 0 Å². The Bertz CT molecular complexity index is 647. The van der Waals surface area contributed by atoms with Crippen LogP contribution in [0.1, 0.15) is 24.9 Å². The maximum atomic E-state index is 12.7. The lowest BCUT2D eigenvalue weighted by Gasteiger charge is -2.28. The molecule has 5 heteroatoms. The van der Waals surface area contributed by atoms with Crippen LogP contribution in [0, 0.1) is 0 Å². The number of ketones is 1. The first kappa shape index (κ1) is 13.7. The summed E-state index contributed by atoms with van der Waals surface area (Å²) in [5.74, 6) is 0.270. The van der Waals surface area contributed by atoms with Gasteiger partial charge in [0.05, 0.1) is 13.2 Å². The highest BCUT2D eigenvalue weighted by Gasteiger charge is 2.34. The Balaban J connectivity index is 2.04. The van der Waals surface area contributed by atoms with Crippen molar-refractivity contribution in [2.24, 2.45) is 4.99 Å². The van der Waals surface area contributed by atoms with E-state index in [4.69, 9.17) is 4.74 Å². The van der Waals surface area contributed by atoms with Gasteiger partial charge < -0.3 is 10.1 Å². The summed E-state index contributed by atoms with van der Waals surface area (Å²) in [6, 6.07) is 8.83. The number of ether oxygens (including phenoxy) is 1. The van der Waals surface area contributed by atoms with Crippen molar-refractivity contribution in [1.29, 1.82) is 0 Å². The normalized spacial score (nSPS) is 21.7. The van der Waals surface area contributed by atoms with E-state index < -0.39 is 6.04 Å². The van der Waals surface area contributed by atoms with E-state index in [1.54, 1.807) is 0 Å². The average molecular weight is 284 g/mol. The molecule has 0 aromatic heterocycles. The minimum Gasteiger partial charge on any atom is -0.376 e. The van der Waals surface area contributed by atoms with Gasteiger partial charge in [0.1, 0.15) is 11.9 Å². The summed E-state index contributed by atoms with van der Waals surface area (Å²) in [5, 5.41) is 2.72. The minimum atomic E-state index is -0.579. The van der Waals surface area contributed by atoms with Crippen molar-refractivity contribution in [2.75, 3.05) is 13.2 Å². The first-order chi connectivity index (χ1) is 10.2. The molecule has 5 nitrogen and oxygen atoms in total. The molecule has 3 rings (SSSR count). The van der Waals surface area contributed by atoms with Gasteiger partial charge >= 0.3 is 0 Å². The van der Waals surface area contributed by atoms with E-state index in [0.29, 0.717) is 31.0 Å². The predicted octanol–water partition coefficient (Wildman–Crippen LogP) is 1.56. The Morgan fingerprint density at radius 3 is 2.76 bits per heavy atom. The summed E-state index contributed by atoms with van der Waals surface area (Å²) < 4.78 is 5.40. The van der Waals surface area contributed by atoms with Gasteiger partial charge in [0.15, 0.2) is 5.78 Å². The van der Waals surface area contributed by atoms with E-state index in [2.05, 4.69) is 10.3 Å². The Labute approximate surface area is 122 Å². The Morgan fingerprint density at radius 1 is 1.29 bits per heavy atom. The number of amides is 1. The predicted molar refractivity (Wildman–Crippen MR) is 77.9 cm³/mol. The highest BCUT2D eigenvalue weighted by atomic mass is 16.5. The van der Waals surface area contributed by atoms with Crippen molar-refractivity contribution in [1.82, 2.24) is 5.32 Å². The monoisotopic (exact) mass is 284 g/mol. The zero-order valence-corrected chi connectivity index (χ0v) is 11.8. The van der Waals surface area contributed by atoms with Crippen LogP contribution in [-0.4, -0.2) is 30.7 Å². The molecule has 1 aromatic carbocycles. The fourth-order valence-electron chi connectivity index (χ4n) is 2.64. The fraction of sp³-hybridized carbons (Fsp3) is 0.312. The third kappa shape index (κ3) is 2.64. The maximum absolute atomic E-state index is 12.7. The Morgan fingerprint density at radius 2 is 2.05 bits per heavy atom. The quantitative estimate of drug-likeness (QED) is 0.851. The highest BCUT2D eigenvalue weighted by Crippen LogP contribution is 2.31. The van der Waals surface area contributed by atoms with E-state index in [1.807, 2.05) is 30.3 Å². The largest absolute Gasteiger partial charge is 0.376 e. The lowest BCUT2D eigenvalue weighted by Crippen LogP contribution is -2.39. The summed E-state index contributed by atoms with van der Waals surface area (Å²) in [7, 11) is 0. The van der Waals surface area contributed by atoms with Crippen molar-refractivity contribution in [3.63, 3.8) is 0 Å². The molecule has 0 saturated heterocycles. The number of carbonyl (C=O) groups excluding carboxylic acids is 2. The number of nitrogens with zero attached hydrogens (tertiary/aromatic N) is 1. The molecule has 0 saturated carbocycles. The van der Waals surface area contributed by atoms with Gasteiger partial charge in [-0.3, -0.25) is 14.6 Å². The van der Waals surface area contributed by atoms with Crippen LogP contribution < -0.4 is 5.32 Å². The number of hydrogen-bond acceptors (Lipinski definition) is 4. The van der Waals surface area contributed by atoms with Crippen LogP contribution in [0.25, 0.3) is 0 Å². The zero-order chi connectivity index (χ0) is 14.8. The number of Topliss-reactive ketones (excluding diaryl/α,β-unsaturated/α-hetero) is 1. The minimum absolute atomic E-state index is 0.00796. The number of hydrogen-bond donors (Lipinski definition) is 1. The second kappa shape index (κ2) is 5.61. The van der Waals surface area contributed by atoms with Crippen LogP contribution in [0.15, 0.2) is 46.5 Å². The molecule has 2 aliphatic rings. The van der Waals surface area contributed by atoms with E-state index in [9.17, 15) is 9.59 Å². The first-order valence-corrected chi connectivity index (χ1v) is 6.91. The van der Waals surface area contributed by atoms with Gasteiger partial charge in [0.2, 0.25) is 5.91 Å². The molecule has 1 atom stereocenters. The summed E-state index contributed by atoms with van der Waals surface area (Å²) in [4.78, 5) is 28.5. The molecule has 1 aromatic rings. The third-order valence-corrected chi connectivity index (χ3v) is 3.61. The molecule has 0 spiro atoms. The van der Waals surface area contributed by atoms with Gasteiger partial charge in [-0.2, -0.15) is 0 Å². The molecule has 0 radical (unpaired) electrons. The molecular formula is C16H16N2O3. The molecule has 1 unspecified atom stereocenters. The van der Waals surface area contributed by atoms with Crippen molar-refractivity contribution in [3.8, 4) is 0 Å². The van der Waals surface area contributed by atoms with Crippen LogP contribution in [0.4, 0.5) is 0 Å². The summed E-state index contributed by atoms with van der Waals surface area (Å²) >= 11 is 0. The molecule has 2 heterocycles. The molecule has 2 aliphatic heterocycles. The number of aliphatic imine (C=N–C) groups is 1. The number of rotatable bonds is 1. The van der Waals surface area contributed by atoms with Crippen molar-refractivity contribution >= 4 is 17.5 Å². The Hall–Kier alpha value is -2.27.